The van der Waals surface area contributed by atoms with Gasteiger partial charge in [0.25, 0.3) is 0 Å². The van der Waals surface area contributed by atoms with Gasteiger partial charge in [0, 0.05) is 13.2 Å². The smallest absolute Gasteiger partial charge is 0.358 e. The van der Waals surface area contributed by atoms with Crippen LogP contribution in [0.4, 0.5) is 5.69 Å². The summed E-state index contributed by atoms with van der Waals surface area (Å²) in [5.74, 6) is -1.27. The van der Waals surface area contributed by atoms with E-state index < -0.39 is 11.9 Å². The van der Waals surface area contributed by atoms with Crippen molar-refractivity contribution < 1.29 is 19.1 Å². The molecule has 0 N–H and O–H groups in total. The van der Waals surface area contributed by atoms with Crippen molar-refractivity contribution in [2.75, 3.05) is 19.1 Å². The predicted octanol–water partition coefficient (Wildman–Crippen LogP) is 0.810. The molecule has 0 saturated carbocycles. The third-order valence-corrected chi connectivity index (χ3v) is 2.30. The standard InChI is InChI=1S/C12H14N2O4/c1-8(15)7-10(16)14(2)9-5-4-6-13-11(9)12(17)18-3/h4-6H,7H2,1-3H3. The molecule has 0 bridgehead atoms. The number of hydrogen-bond donors (Lipinski definition) is 0. The minimum atomic E-state index is -0.631. The number of pyridine rings is 1. The molecule has 0 aliphatic rings. The Morgan fingerprint density at radius 3 is 2.61 bits per heavy atom. The first kappa shape index (κ1) is 13.8. The summed E-state index contributed by atoms with van der Waals surface area (Å²) < 4.78 is 4.58. The van der Waals surface area contributed by atoms with Gasteiger partial charge in [-0.25, -0.2) is 9.78 Å². The number of hydrogen-bond acceptors (Lipinski definition) is 5. The average Bonchev–Trinajstić information content (AvgIpc) is 2.36. The lowest BCUT2D eigenvalue weighted by atomic mass is 10.2. The summed E-state index contributed by atoms with van der Waals surface area (Å²) in [6.07, 6.45) is 1.21. The topological polar surface area (TPSA) is 76.6 Å². The first-order valence-electron chi connectivity index (χ1n) is 5.26. The molecule has 1 aromatic rings. The van der Waals surface area contributed by atoms with E-state index in [9.17, 15) is 14.4 Å². The number of ketones is 1. The number of esters is 1. The maximum atomic E-state index is 11.7. The fourth-order valence-electron chi connectivity index (χ4n) is 1.39. The number of methoxy groups -OCH3 is 1. The van der Waals surface area contributed by atoms with Crippen molar-refractivity contribution in [3.8, 4) is 0 Å². The number of anilines is 1. The molecule has 0 aromatic carbocycles. The number of carbonyl (C=O) groups excluding carboxylic acids is 3. The van der Waals surface area contributed by atoms with Crippen LogP contribution in [0, 0.1) is 0 Å². The molecular weight excluding hydrogens is 236 g/mol. The van der Waals surface area contributed by atoms with Crippen LogP contribution in [-0.4, -0.2) is 36.8 Å². The molecular formula is C12H14N2O4. The highest BCUT2D eigenvalue weighted by Gasteiger charge is 2.20. The van der Waals surface area contributed by atoms with Crippen LogP contribution < -0.4 is 4.90 Å². The molecule has 1 amide bonds. The normalized spacial score (nSPS) is 9.72. The molecule has 0 saturated heterocycles. The van der Waals surface area contributed by atoms with Crippen LogP contribution in [0.15, 0.2) is 18.3 Å². The molecule has 1 rings (SSSR count). The van der Waals surface area contributed by atoms with Crippen LogP contribution in [0.1, 0.15) is 23.8 Å². The Morgan fingerprint density at radius 2 is 2.06 bits per heavy atom. The maximum absolute atomic E-state index is 11.7. The van der Waals surface area contributed by atoms with E-state index >= 15 is 0 Å². The lowest BCUT2D eigenvalue weighted by Gasteiger charge is -2.18. The second kappa shape index (κ2) is 5.90. The van der Waals surface area contributed by atoms with Gasteiger partial charge in [-0.1, -0.05) is 0 Å². The highest BCUT2D eigenvalue weighted by atomic mass is 16.5. The number of nitrogens with zero attached hydrogens (tertiary/aromatic N) is 2. The van der Waals surface area contributed by atoms with Gasteiger partial charge in [0.2, 0.25) is 5.91 Å². The molecule has 0 atom stereocenters. The highest BCUT2D eigenvalue weighted by Crippen LogP contribution is 2.18. The average molecular weight is 250 g/mol. The largest absolute Gasteiger partial charge is 0.464 e. The Morgan fingerprint density at radius 1 is 1.39 bits per heavy atom. The molecule has 96 valence electrons. The van der Waals surface area contributed by atoms with Gasteiger partial charge < -0.3 is 9.64 Å². The van der Waals surface area contributed by atoms with Gasteiger partial charge >= 0.3 is 5.97 Å². The summed E-state index contributed by atoms with van der Waals surface area (Å²) in [6.45, 7) is 1.33. The van der Waals surface area contributed by atoms with Crippen LogP contribution in [0.25, 0.3) is 0 Å². The maximum Gasteiger partial charge on any atom is 0.358 e. The van der Waals surface area contributed by atoms with Crippen molar-refractivity contribution in [1.82, 2.24) is 4.98 Å². The van der Waals surface area contributed by atoms with E-state index in [1.54, 1.807) is 12.1 Å². The second-order valence-electron chi connectivity index (χ2n) is 3.69. The summed E-state index contributed by atoms with van der Waals surface area (Å²) in [7, 11) is 2.72. The van der Waals surface area contributed by atoms with E-state index in [-0.39, 0.29) is 17.9 Å². The minimum absolute atomic E-state index is 0.0411. The van der Waals surface area contributed by atoms with E-state index in [0.717, 1.165) is 0 Å². The van der Waals surface area contributed by atoms with Gasteiger partial charge in [-0.2, -0.15) is 0 Å². The van der Waals surface area contributed by atoms with Crippen molar-refractivity contribution >= 4 is 23.3 Å². The van der Waals surface area contributed by atoms with Crippen LogP contribution in [0.3, 0.4) is 0 Å². The summed E-state index contributed by atoms with van der Waals surface area (Å²) in [6, 6.07) is 3.16. The highest BCUT2D eigenvalue weighted by molar-refractivity contribution is 6.07. The van der Waals surface area contributed by atoms with E-state index in [2.05, 4.69) is 9.72 Å². The third kappa shape index (κ3) is 3.13. The summed E-state index contributed by atoms with van der Waals surface area (Å²) in [4.78, 5) is 39.2. The van der Waals surface area contributed by atoms with Crippen molar-refractivity contribution in [2.24, 2.45) is 0 Å². The Bertz CT molecular complexity index is 485. The molecule has 0 radical (unpaired) electrons. The van der Waals surface area contributed by atoms with E-state index in [1.807, 2.05) is 0 Å². The lowest BCUT2D eigenvalue weighted by Crippen LogP contribution is -2.29. The van der Waals surface area contributed by atoms with Gasteiger partial charge in [0.1, 0.15) is 5.78 Å². The zero-order chi connectivity index (χ0) is 13.7. The molecule has 6 nitrogen and oxygen atoms in total. The number of ether oxygens (including phenoxy) is 1. The molecule has 1 aromatic heterocycles. The number of aromatic nitrogens is 1. The molecule has 0 unspecified atom stereocenters. The first-order valence-corrected chi connectivity index (χ1v) is 5.26. The Labute approximate surface area is 105 Å². The van der Waals surface area contributed by atoms with E-state index in [1.165, 1.54) is 32.2 Å². The molecule has 18 heavy (non-hydrogen) atoms. The Kier molecular flexibility index (Phi) is 4.53. The Hall–Kier alpha value is -2.24. The van der Waals surface area contributed by atoms with Crippen molar-refractivity contribution in [1.29, 1.82) is 0 Å². The molecule has 0 fully saturated rings. The first-order chi connectivity index (χ1) is 8.47. The minimum Gasteiger partial charge on any atom is -0.464 e. The van der Waals surface area contributed by atoms with Gasteiger partial charge in [0.05, 0.1) is 19.2 Å². The number of amides is 1. The molecule has 0 spiro atoms. The monoisotopic (exact) mass is 250 g/mol. The van der Waals surface area contributed by atoms with Crippen molar-refractivity contribution in [3.63, 3.8) is 0 Å². The molecule has 6 heteroatoms. The van der Waals surface area contributed by atoms with Gasteiger partial charge in [-0.05, 0) is 19.1 Å². The van der Waals surface area contributed by atoms with Gasteiger partial charge in [-0.15, -0.1) is 0 Å². The fourth-order valence-corrected chi connectivity index (χ4v) is 1.39. The Balaban J connectivity index is 3.05. The number of carbonyl (C=O) groups is 3. The number of Topliss-reactive ketones (excluding diaryl/α,β-unsaturated/α-hetero) is 1. The van der Waals surface area contributed by atoms with Gasteiger partial charge in [0.15, 0.2) is 5.69 Å². The van der Waals surface area contributed by atoms with Crippen molar-refractivity contribution in [2.45, 2.75) is 13.3 Å². The van der Waals surface area contributed by atoms with E-state index in [4.69, 9.17) is 0 Å². The van der Waals surface area contributed by atoms with Crippen LogP contribution in [-0.2, 0) is 14.3 Å². The second-order valence-corrected chi connectivity index (χ2v) is 3.69. The summed E-state index contributed by atoms with van der Waals surface area (Å²) >= 11 is 0. The fraction of sp³-hybridized carbons (Fsp3) is 0.333. The molecule has 0 aliphatic heterocycles. The molecule has 1 heterocycles. The van der Waals surface area contributed by atoms with Crippen LogP contribution in [0.2, 0.25) is 0 Å². The summed E-state index contributed by atoms with van der Waals surface area (Å²) in [5.41, 5.74) is 0.356. The molecule has 0 aliphatic carbocycles. The summed E-state index contributed by atoms with van der Waals surface area (Å²) in [5, 5.41) is 0. The zero-order valence-corrected chi connectivity index (χ0v) is 10.5. The van der Waals surface area contributed by atoms with Crippen LogP contribution >= 0.6 is 0 Å². The van der Waals surface area contributed by atoms with Crippen LogP contribution in [0.5, 0.6) is 0 Å². The zero-order valence-electron chi connectivity index (χ0n) is 10.5. The van der Waals surface area contributed by atoms with Crippen molar-refractivity contribution in [3.05, 3.63) is 24.0 Å². The quantitative estimate of drug-likeness (QED) is 0.583. The predicted molar refractivity (Wildman–Crippen MR) is 64.3 cm³/mol. The SMILES string of the molecule is COC(=O)c1ncccc1N(C)C(=O)CC(C)=O. The van der Waals surface area contributed by atoms with Gasteiger partial charge in [-0.3, -0.25) is 9.59 Å². The van der Waals surface area contributed by atoms with E-state index in [0.29, 0.717) is 5.69 Å². The lowest BCUT2D eigenvalue weighted by molar-refractivity contribution is -0.125. The third-order valence-electron chi connectivity index (χ3n) is 2.30. The number of rotatable bonds is 4.